The van der Waals surface area contributed by atoms with Gasteiger partial charge in [0.2, 0.25) is 0 Å². The number of ether oxygens (including phenoxy) is 1. The minimum absolute atomic E-state index is 0.0272. The Hall–Kier alpha value is -0.610. The van der Waals surface area contributed by atoms with Crippen molar-refractivity contribution in [2.75, 3.05) is 19.6 Å². The average molecular weight is 225 g/mol. The third-order valence-corrected chi connectivity index (χ3v) is 4.05. The topological polar surface area (TPSA) is 71.1 Å². The van der Waals surface area contributed by atoms with E-state index in [0.717, 1.165) is 38.8 Å². The van der Waals surface area contributed by atoms with Crippen molar-refractivity contribution in [2.24, 2.45) is 17.1 Å². The molecular formula is C12H23N3O. The van der Waals surface area contributed by atoms with E-state index in [1.54, 1.807) is 0 Å². The van der Waals surface area contributed by atoms with Crippen LogP contribution in [0.4, 0.5) is 0 Å². The number of rotatable bonds is 4. The number of nitrogens with two attached hydrogens (primary N) is 1. The molecule has 1 aliphatic heterocycles. The van der Waals surface area contributed by atoms with E-state index in [1.165, 1.54) is 0 Å². The summed E-state index contributed by atoms with van der Waals surface area (Å²) in [5.74, 6) is 1.12. The third kappa shape index (κ3) is 2.09. The molecule has 0 spiro atoms. The molecule has 2 rings (SSSR count). The van der Waals surface area contributed by atoms with Gasteiger partial charge >= 0.3 is 0 Å². The number of hydrogen-bond acceptors (Lipinski definition) is 4. The highest BCUT2D eigenvalue weighted by Crippen LogP contribution is 2.57. The lowest BCUT2D eigenvalue weighted by atomic mass is 9.97. The monoisotopic (exact) mass is 225 g/mol. The second-order valence-corrected chi connectivity index (χ2v) is 5.08. The van der Waals surface area contributed by atoms with E-state index in [1.807, 2.05) is 0 Å². The van der Waals surface area contributed by atoms with Gasteiger partial charge in [-0.2, -0.15) is 0 Å². The molecule has 1 aliphatic carbocycles. The quantitative estimate of drug-likeness (QED) is 0.496. The first-order chi connectivity index (χ1) is 7.73. The highest BCUT2D eigenvalue weighted by atomic mass is 16.5. The van der Waals surface area contributed by atoms with Crippen molar-refractivity contribution < 1.29 is 4.74 Å². The Morgan fingerprint density at radius 1 is 1.69 bits per heavy atom. The van der Waals surface area contributed by atoms with Crippen LogP contribution in [0.2, 0.25) is 0 Å². The fourth-order valence-corrected chi connectivity index (χ4v) is 2.73. The van der Waals surface area contributed by atoms with Gasteiger partial charge in [-0.15, -0.1) is 0 Å². The van der Waals surface area contributed by atoms with Gasteiger partial charge < -0.3 is 15.8 Å². The molecule has 4 N–H and O–H groups in total. The predicted octanol–water partition coefficient (Wildman–Crippen LogP) is 1.11. The molecule has 0 bridgehead atoms. The summed E-state index contributed by atoms with van der Waals surface area (Å²) in [6, 6.07) is 0. The maximum Gasteiger partial charge on any atom is 0.187 e. The lowest BCUT2D eigenvalue weighted by Crippen LogP contribution is -2.31. The second-order valence-electron chi connectivity index (χ2n) is 5.08. The van der Waals surface area contributed by atoms with Crippen molar-refractivity contribution in [3.05, 3.63) is 0 Å². The third-order valence-electron chi connectivity index (χ3n) is 4.05. The Morgan fingerprint density at radius 3 is 3.19 bits per heavy atom. The zero-order valence-corrected chi connectivity index (χ0v) is 10.1. The second kappa shape index (κ2) is 4.72. The summed E-state index contributed by atoms with van der Waals surface area (Å²) in [6.07, 6.45) is 4.29. The number of nitrogens with one attached hydrogen (secondary N) is 2. The molecule has 2 aliphatic rings. The van der Waals surface area contributed by atoms with Crippen molar-refractivity contribution in [2.45, 2.75) is 38.7 Å². The number of fused-ring (bicyclic) bond motifs is 1. The van der Waals surface area contributed by atoms with Gasteiger partial charge in [-0.05, 0) is 44.7 Å². The molecule has 16 heavy (non-hydrogen) atoms. The molecule has 0 aromatic heterocycles. The van der Waals surface area contributed by atoms with Crippen LogP contribution < -0.4 is 11.1 Å². The van der Waals surface area contributed by atoms with E-state index in [9.17, 15) is 0 Å². The van der Waals surface area contributed by atoms with Crippen LogP contribution in [0, 0.1) is 16.7 Å². The van der Waals surface area contributed by atoms with E-state index < -0.39 is 0 Å². The van der Waals surface area contributed by atoms with Gasteiger partial charge in [0, 0.05) is 6.54 Å². The fraction of sp³-hybridized carbons (Fsp3) is 0.917. The molecule has 4 heteroatoms. The van der Waals surface area contributed by atoms with Crippen LogP contribution in [0.5, 0.6) is 0 Å². The molecule has 1 heterocycles. The van der Waals surface area contributed by atoms with E-state index in [0.29, 0.717) is 18.4 Å². The van der Waals surface area contributed by atoms with Crippen LogP contribution in [0.3, 0.4) is 0 Å². The summed E-state index contributed by atoms with van der Waals surface area (Å²) in [5.41, 5.74) is 5.68. The van der Waals surface area contributed by atoms with Crippen molar-refractivity contribution in [1.29, 1.82) is 5.41 Å². The zero-order chi connectivity index (χ0) is 11.6. The molecule has 1 saturated heterocycles. The first-order valence-corrected chi connectivity index (χ1v) is 6.39. The van der Waals surface area contributed by atoms with Gasteiger partial charge in [-0.1, -0.05) is 6.92 Å². The molecule has 0 aromatic rings. The minimum atomic E-state index is 0.0272. The van der Waals surface area contributed by atoms with Crippen LogP contribution >= 0.6 is 0 Å². The number of hydrogen-bond donors (Lipinski definition) is 3. The first kappa shape index (κ1) is 11.9. The average Bonchev–Trinajstić information content (AvgIpc) is 3.00. The predicted molar refractivity (Wildman–Crippen MR) is 64.6 cm³/mol. The summed E-state index contributed by atoms with van der Waals surface area (Å²) >= 11 is 0. The van der Waals surface area contributed by atoms with Gasteiger partial charge in [0.15, 0.2) is 5.90 Å². The van der Waals surface area contributed by atoms with Crippen LogP contribution in [0.25, 0.3) is 0 Å². The first-order valence-electron chi connectivity index (χ1n) is 6.39. The van der Waals surface area contributed by atoms with E-state index >= 15 is 0 Å². The molecule has 2 fully saturated rings. The normalized spacial score (nSPS) is 34.8. The Kier molecular flexibility index (Phi) is 3.50. The van der Waals surface area contributed by atoms with Gasteiger partial charge in [0.25, 0.3) is 0 Å². The molecule has 1 saturated carbocycles. The van der Waals surface area contributed by atoms with Crippen molar-refractivity contribution in [3.8, 4) is 0 Å². The standard InChI is InChI=1S/C12H23N3O/c1-2-10(7-13)16-11(14)12-4-3-5-15-8-9(12)6-12/h9-10,14-15H,2-8,13H2,1H3. The molecular weight excluding hydrogens is 202 g/mol. The summed E-state index contributed by atoms with van der Waals surface area (Å²) < 4.78 is 5.72. The minimum Gasteiger partial charge on any atom is -0.476 e. The molecule has 92 valence electrons. The Bertz CT molecular complexity index is 265. The van der Waals surface area contributed by atoms with Crippen LogP contribution in [0.1, 0.15) is 32.6 Å². The smallest absolute Gasteiger partial charge is 0.187 e. The van der Waals surface area contributed by atoms with Crippen LogP contribution in [-0.2, 0) is 4.74 Å². The fourth-order valence-electron chi connectivity index (χ4n) is 2.73. The summed E-state index contributed by atoms with van der Waals surface area (Å²) in [4.78, 5) is 0. The molecule has 4 nitrogen and oxygen atoms in total. The van der Waals surface area contributed by atoms with Gasteiger partial charge in [0.05, 0.1) is 5.41 Å². The largest absolute Gasteiger partial charge is 0.476 e. The highest BCUT2D eigenvalue weighted by molar-refractivity contribution is 5.83. The zero-order valence-electron chi connectivity index (χ0n) is 10.1. The maximum atomic E-state index is 8.15. The van der Waals surface area contributed by atoms with Crippen LogP contribution in [0.15, 0.2) is 0 Å². The summed E-state index contributed by atoms with van der Waals surface area (Å²) in [5, 5.41) is 11.6. The summed E-state index contributed by atoms with van der Waals surface area (Å²) in [6.45, 7) is 4.70. The lowest BCUT2D eigenvalue weighted by Gasteiger charge is -2.22. The van der Waals surface area contributed by atoms with E-state index in [-0.39, 0.29) is 11.5 Å². The van der Waals surface area contributed by atoms with Gasteiger partial charge in [-0.25, -0.2) is 0 Å². The molecule has 3 unspecified atom stereocenters. The van der Waals surface area contributed by atoms with Gasteiger partial charge in [0.1, 0.15) is 6.10 Å². The van der Waals surface area contributed by atoms with Crippen molar-refractivity contribution in [3.63, 3.8) is 0 Å². The van der Waals surface area contributed by atoms with Crippen molar-refractivity contribution in [1.82, 2.24) is 5.32 Å². The summed E-state index contributed by atoms with van der Waals surface area (Å²) in [7, 11) is 0. The Balaban J connectivity index is 1.94. The molecule has 3 atom stereocenters. The van der Waals surface area contributed by atoms with Crippen molar-refractivity contribution >= 4 is 5.90 Å². The van der Waals surface area contributed by atoms with E-state index in [2.05, 4.69) is 12.2 Å². The molecule has 0 radical (unpaired) electrons. The molecule has 0 amide bonds. The highest BCUT2D eigenvalue weighted by Gasteiger charge is 2.58. The van der Waals surface area contributed by atoms with Gasteiger partial charge in [-0.3, -0.25) is 5.41 Å². The SMILES string of the molecule is CCC(CN)OC(=N)C12CCCNCC1C2. The maximum absolute atomic E-state index is 8.15. The Morgan fingerprint density at radius 2 is 2.50 bits per heavy atom. The molecule has 0 aromatic carbocycles. The lowest BCUT2D eigenvalue weighted by molar-refractivity contribution is 0.168. The van der Waals surface area contributed by atoms with E-state index in [4.69, 9.17) is 15.9 Å². The Labute approximate surface area is 97.4 Å². The van der Waals surface area contributed by atoms with Crippen LogP contribution in [-0.4, -0.2) is 31.6 Å².